The van der Waals surface area contributed by atoms with Gasteiger partial charge in [-0.05, 0) is 41.6 Å². The summed E-state index contributed by atoms with van der Waals surface area (Å²) >= 11 is 1.70. The van der Waals surface area contributed by atoms with Gasteiger partial charge in [-0.1, -0.05) is 49.4 Å². The van der Waals surface area contributed by atoms with Gasteiger partial charge in [-0.2, -0.15) is 0 Å². The molecule has 27 heavy (non-hydrogen) atoms. The van der Waals surface area contributed by atoms with E-state index >= 15 is 0 Å². The largest absolute Gasteiger partial charge is 0.493 e. The van der Waals surface area contributed by atoms with Crippen molar-refractivity contribution in [1.29, 1.82) is 0 Å². The summed E-state index contributed by atoms with van der Waals surface area (Å²) in [4.78, 5) is 4.84. The van der Waals surface area contributed by atoms with Crippen LogP contribution in [0.2, 0.25) is 0 Å². The van der Waals surface area contributed by atoms with E-state index in [0.717, 1.165) is 34.0 Å². The number of ether oxygens (including phenoxy) is 2. The molecule has 4 rings (SSSR count). The van der Waals surface area contributed by atoms with Crippen LogP contribution in [-0.4, -0.2) is 18.7 Å². The Balaban J connectivity index is 1.65. The van der Waals surface area contributed by atoms with E-state index in [1.165, 1.54) is 15.5 Å². The van der Waals surface area contributed by atoms with Crippen molar-refractivity contribution in [1.82, 2.24) is 4.98 Å². The molecule has 1 aromatic heterocycles. The highest BCUT2D eigenvalue weighted by molar-refractivity contribution is 7.19. The van der Waals surface area contributed by atoms with Crippen molar-refractivity contribution < 1.29 is 9.47 Å². The summed E-state index contributed by atoms with van der Waals surface area (Å²) in [6.45, 7) is 2.77. The van der Waals surface area contributed by atoms with Gasteiger partial charge < -0.3 is 9.47 Å². The van der Waals surface area contributed by atoms with Crippen LogP contribution in [0.3, 0.4) is 0 Å². The molecule has 0 aliphatic carbocycles. The number of fused-ring (bicyclic) bond motifs is 3. The highest BCUT2D eigenvalue weighted by Crippen LogP contribution is 2.31. The maximum Gasteiger partial charge on any atom is 0.161 e. The van der Waals surface area contributed by atoms with Crippen LogP contribution >= 0.6 is 11.3 Å². The van der Waals surface area contributed by atoms with E-state index in [-0.39, 0.29) is 0 Å². The molecule has 4 aromatic rings. The first kappa shape index (κ1) is 17.6. The molecule has 1 heterocycles. The first-order chi connectivity index (χ1) is 13.3. The van der Waals surface area contributed by atoms with Crippen molar-refractivity contribution in [3.05, 3.63) is 65.2 Å². The number of rotatable bonds is 6. The molecule has 0 aliphatic rings. The van der Waals surface area contributed by atoms with Crippen LogP contribution in [0, 0.1) is 0 Å². The summed E-state index contributed by atoms with van der Waals surface area (Å²) in [5.41, 5.74) is 2.13. The molecule has 0 atom stereocenters. The first-order valence-corrected chi connectivity index (χ1v) is 9.87. The third-order valence-corrected chi connectivity index (χ3v) is 5.35. The lowest BCUT2D eigenvalue weighted by Gasteiger charge is -2.10. The molecule has 0 saturated heterocycles. The Bertz CT molecular complexity index is 1110. The van der Waals surface area contributed by atoms with Gasteiger partial charge >= 0.3 is 0 Å². The second-order valence-electron chi connectivity index (χ2n) is 6.28. The van der Waals surface area contributed by atoms with E-state index in [1.54, 1.807) is 18.4 Å². The third-order valence-electron chi connectivity index (χ3n) is 4.37. The minimum atomic E-state index is 0.675. The molecule has 0 bridgehead atoms. The summed E-state index contributed by atoms with van der Waals surface area (Å²) in [6, 6.07) is 18.7. The fourth-order valence-electron chi connectivity index (χ4n) is 3.04. The van der Waals surface area contributed by atoms with Crippen molar-refractivity contribution in [3.63, 3.8) is 0 Å². The molecule has 0 saturated carbocycles. The van der Waals surface area contributed by atoms with E-state index in [4.69, 9.17) is 14.5 Å². The van der Waals surface area contributed by atoms with Crippen LogP contribution in [0.4, 0.5) is 0 Å². The molecule has 3 nitrogen and oxygen atoms in total. The van der Waals surface area contributed by atoms with Crippen LogP contribution in [0.5, 0.6) is 11.5 Å². The molecule has 0 aliphatic heterocycles. The van der Waals surface area contributed by atoms with E-state index < -0.39 is 0 Å². The predicted molar refractivity (Wildman–Crippen MR) is 115 cm³/mol. The van der Waals surface area contributed by atoms with Crippen LogP contribution in [0.1, 0.15) is 23.9 Å². The molecule has 4 heteroatoms. The number of hydrogen-bond acceptors (Lipinski definition) is 4. The van der Waals surface area contributed by atoms with Gasteiger partial charge in [0.15, 0.2) is 11.5 Å². The lowest BCUT2D eigenvalue weighted by molar-refractivity contribution is 0.294. The summed E-state index contributed by atoms with van der Waals surface area (Å²) in [5, 5.41) is 3.41. The highest BCUT2D eigenvalue weighted by atomic mass is 32.1. The van der Waals surface area contributed by atoms with E-state index in [0.29, 0.717) is 6.61 Å². The normalized spacial score (nSPS) is 11.5. The second-order valence-corrected chi connectivity index (χ2v) is 7.34. The summed E-state index contributed by atoms with van der Waals surface area (Å²) in [6.07, 6.45) is 5.09. The maximum absolute atomic E-state index is 5.79. The molecular weight excluding hydrogens is 354 g/mol. The van der Waals surface area contributed by atoms with Gasteiger partial charge in [0.2, 0.25) is 0 Å². The lowest BCUT2D eigenvalue weighted by atomic mass is 10.1. The standard InChI is InChI=1S/C23H21NO2S/c1-3-14-26-20-15-16(8-11-19(20)25-2)9-13-22-24-23-18-7-5-4-6-17(18)10-12-21(23)27-22/h4-13,15H,3,14H2,1-2H3/b13-9+. The fraction of sp³-hybridized carbons (Fsp3) is 0.174. The van der Waals surface area contributed by atoms with Crippen molar-refractivity contribution >= 4 is 44.5 Å². The van der Waals surface area contributed by atoms with Crippen molar-refractivity contribution in [2.45, 2.75) is 13.3 Å². The number of benzene rings is 3. The Morgan fingerprint density at radius 3 is 2.74 bits per heavy atom. The topological polar surface area (TPSA) is 31.4 Å². The zero-order chi connectivity index (χ0) is 18.6. The van der Waals surface area contributed by atoms with Gasteiger partial charge in [0.1, 0.15) is 5.01 Å². The predicted octanol–water partition coefficient (Wildman–Crippen LogP) is 6.42. The van der Waals surface area contributed by atoms with E-state index in [9.17, 15) is 0 Å². The van der Waals surface area contributed by atoms with Gasteiger partial charge in [-0.3, -0.25) is 0 Å². The quantitative estimate of drug-likeness (QED) is 0.390. The number of thiazole rings is 1. The molecule has 0 amide bonds. The van der Waals surface area contributed by atoms with Crippen LogP contribution in [-0.2, 0) is 0 Å². The Hall–Kier alpha value is -2.85. The number of hydrogen-bond donors (Lipinski definition) is 0. The van der Waals surface area contributed by atoms with E-state index in [2.05, 4.69) is 55.5 Å². The van der Waals surface area contributed by atoms with Gasteiger partial charge in [0.05, 0.1) is 23.9 Å². The van der Waals surface area contributed by atoms with Gasteiger partial charge in [-0.15, -0.1) is 11.3 Å². The number of nitrogens with zero attached hydrogens (tertiary/aromatic N) is 1. The minimum Gasteiger partial charge on any atom is -0.493 e. The lowest BCUT2D eigenvalue weighted by Crippen LogP contribution is -1.97. The SMILES string of the molecule is CCCOc1cc(/C=C/c2nc3c(ccc4ccccc43)s2)ccc1OC. The van der Waals surface area contributed by atoms with Crippen LogP contribution in [0.25, 0.3) is 33.1 Å². The molecular formula is C23H21NO2S. The first-order valence-electron chi connectivity index (χ1n) is 9.05. The zero-order valence-electron chi connectivity index (χ0n) is 15.4. The molecule has 0 unspecified atom stereocenters. The molecule has 0 radical (unpaired) electrons. The second kappa shape index (κ2) is 7.80. The summed E-state index contributed by atoms with van der Waals surface area (Å²) < 4.78 is 12.4. The Labute approximate surface area is 162 Å². The van der Waals surface area contributed by atoms with Crippen molar-refractivity contribution in [2.75, 3.05) is 13.7 Å². The monoisotopic (exact) mass is 375 g/mol. The smallest absolute Gasteiger partial charge is 0.161 e. The Morgan fingerprint density at radius 2 is 1.89 bits per heavy atom. The molecule has 0 spiro atoms. The summed E-state index contributed by atoms with van der Waals surface area (Å²) in [5.74, 6) is 1.53. The maximum atomic E-state index is 5.79. The Kier molecular flexibility index (Phi) is 5.07. The summed E-state index contributed by atoms with van der Waals surface area (Å²) in [7, 11) is 1.66. The Morgan fingerprint density at radius 1 is 1.00 bits per heavy atom. The van der Waals surface area contributed by atoms with E-state index in [1.807, 2.05) is 18.2 Å². The van der Waals surface area contributed by atoms with Gasteiger partial charge in [0, 0.05) is 5.39 Å². The van der Waals surface area contributed by atoms with Crippen molar-refractivity contribution in [3.8, 4) is 11.5 Å². The number of aromatic nitrogens is 1. The van der Waals surface area contributed by atoms with Crippen LogP contribution < -0.4 is 9.47 Å². The zero-order valence-corrected chi connectivity index (χ0v) is 16.3. The van der Waals surface area contributed by atoms with Crippen molar-refractivity contribution in [2.24, 2.45) is 0 Å². The van der Waals surface area contributed by atoms with Crippen LogP contribution in [0.15, 0.2) is 54.6 Å². The third kappa shape index (κ3) is 3.67. The molecule has 136 valence electrons. The average Bonchev–Trinajstić information content (AvgIpc) is 3.14. The number of methoxy groups -OCH3 is 1. The van der Waals surface area contributed by atoms with Gasteiger partial charge in [-0.25, -0.2) is 4.98 Å². The molecule has 3 aromatic carbocycles. The van der Waals surface area contributed by atoms with Gasteiger partial charge in [0.25, 0.3) is 0 Å². The fourth-order valence-corrected chi connectivity index (χ4v) is 3.93. The minimum absolute atomic E-state index is 0.675. The molecule has 0 N–H and O–H groups in total. The highest BCUT2D eigenvalue weighted by Gasteiger charge is 2.07. The average molecular weight is 375 g/mol. The molecule has 0 fully saturated rings.